The Balaban J connectivity index is 1.79. The molecule has 1 unspecified atom stereocenters. The van der Waals surface area contributed by atoms with Gasteiger partial charge in [-0.15, -0.1) is 0 Å². The number of hydrogen-bond acceptors (Lipinski definition) is 5. The summed E-state index contributed by atoms with van der Waals surface area (Å²) in [4.78, 5) is 25.8. The Bertz CT molecular complexity index is 571. The van der Waals surface area contributed by atoms with Gasteiger partial charge in [0.15, 0.2) is 11.5 Å². The van der Waals surface area contributed by atoms with E-state index < -0.39 is 0 Å². The molecule has 1 amide bonds. The van der Waals surface area contributed by atoms with Gasteiger partial charge in [0.05, 0.1) is 18.6 Å². The number of rotatable bonds is 2. The fourth-order valence-electron chi connectivity index (χ4n) is 2.72. The lowest BCUT2D eigenvalue weighted by Crippen LogP contribution is -2.31. The standard InChI is InChI=1S/C15H17NO5/c1-19-15(18)10-5-6-16(9-10)14(17)11-3-2-4-12-13(11)21-8-7-20-12/h2-4,10H,5-9H2,1H3. The van der Waals surface area contributed by atoms with Gasteiger partial charge < -0.3 is 19.1 Å². The van der Waals surface area contributed by atoms with Crippen molar-refractivity contribution < 1.29 is 23.8 Å². The zero-order chi connectivity index (χ0) is 14.8. The number of likely N-dealkylation sites (tertiary alicyclic amines) is 1. The summed E-state index contributed by atoms with van der Waals surface area (Å²) < 4.78 is 15.8. The number of para-hydroxylation sites is 1. The third-order valence-electron chi connectivity index (χ3n) is 3.81. The zero-order valence-corrected chi connectivity index (χ0v) is 11.8. The van der Waals surface area contributed by atoms with Crippen LogP contribution < -0.4 is 9.47 Å². The van der Waals surface area contributed by atoms with Crippen LogP contribution in [0.15, 0.2) is 18.2 Å². The van der Waals surface area contributed by atoms with Crippen molar-refractivity contribution in [1.29, 1.82) is 0 Å². The molecule has 1 aromatic carbocycles. The molecule has 112 valence electrons. The number of carbonyl (C=O) groups is 2. The summed E-state index contributed by atoms with van der Waals surface area (Å²) in [5.74, 6) is 0.450. The summed E-state index contributed by atoms with van der Waals surface area (Å²) in [6.07, 6.45) is 0.630. The van der Waals surface area contributed by atoms with Crippen molar-refractivity contribution in [2.24, 2.45) is 5.92 Å². The highest BCUT2D eigenvalue weighted by atomic mass is 16.6. The fourth-order valence-corrected chi connectivity index (χ4v) is 2.72. The van der Waals surface area contributed by atoms with Gasteiger partial charge >= 0.3 is 5.97 Å². The molecule has 0 aliphatic carbocycles. The number of ether oxygens (including phenoxy) is 3. The minimum Gasteiger partial charge on any atom is -0.486 e. The van der Waals surface area contributed by atoms with Gasteiger partial charge in [0, 0.05) is 13.1 Å². The Hall–Kier alpha value is -2.24. The summed E-state index contributed by atoms with van der Waals surface area (Å²) in [6, 6.07) is 5.28. The number of hydrogen-bond donors (Lipinski definition) is 0. The summed E-state index contributed by atoms with van der Waals surface area (Å²) in [5, 5.41) is 0. The Morgan fingerprint density at radius 3 is 2.90 bits per heavy atom. The van der Waals surface area contributed by atoms with Gasteiger partial charge in [0.25, 0.3) is 5.91 Å². The van der Waals surface area contributed by atoms with E-state index >= 15 is 0 Å². The Morgan fingerprint density at radius 2 is 2.10 bits per heavy atom. The van der Waals surface area contributed by atoms with Crippen LogP contribution in [0.4, 0.5) is 0 Å². The molecular formula is C15H17NO5. The molecule has 2 heterocycles. The van der Waals surface area contributed by atoms with Crippen molar-refractivity contribution in [2.45, 2.75) is 6.42 Å². The highest BCUT2D eigenvalue weighted by Gasteiger charge is 2.33. The minimum atomic E-state index is -0.264. The van der Waals surface area contributed by atoms with Gasteiger partial charge in [-0.05, 0) is 18.6 Å². The number of amides is 1. The molecule has 0 aromatic heterocycles. The maximum absolute atomic E-state index is 12.6. The van der Waals surface area contributed by atoms with E-state index in [1.807, 2.05) is 0 Å². The van der Waals surface area contributed by atoms with E-state index in [0.29, 0.717) is 49.8 Å². The van der Waals surface area contributed by atoms with Crippen molar-refractivity contribution in [1.82, 2.24) is 4.90 Å². The van der Waals surface area contributed by atoms with Crippen molar-refractivity contribution in [3.8, 4) is 11.5 Å². The normalized spacial score (nSPS) is 20.2. The van der Waals surface area contributed by atoms with Gasteiger partial charge in [0.1, 0.15) is 13.2 Å². The molecule has 6 heteroatoms. The third kappa shape index (κ3) is 2.53. The molecule has 2 aliphatic rings. The van der Waals surface area contributed by atoms with Crippen molar-refractivity contribution in [3.05, 3.63) is 23.8 Å². The van der Waals surface area contributed by atoms with Gasteiger partial charge in [-0.2, -0.15) is 0 Å². The number of fused-ring (bicyclic) bond motifs is 1. The van der Waals surface area contributed by atoms with Crippen molar-refractivity contribution >= 4 is 11.9 Å². The second-order valence-electron chi connectivity index (χ2n) is 5.09. The van der Waals surface area contributed by atoms with Crippen LogP contribution in [-0.2, 0) is 9.53 Å². The maximum Gasteiger partial charge on any atom is 0.310 e. The first kappa shape index (κ1) is 13.7. The summed E-state index contributed by atoms with van der Waals surface area (Å²) in [7, 11) is 1.37. The van der Waals surface area contributed by atoms with Gasteiger partial charge in [0.2, 0.25) is 0 Å². The highest BCUT2D eigenvalue weighted by molar-refractivity contribution is 5.98. The second kappa shape index (κ2) is 5.63. The van der Waals surface area contributed by atoms with Crippen LogP contribution >= 0.6 is 0 Å². The SMILES string of the molecule is COC(=O)C1CCN(C(=O)c2cccc3c2OCCO3)C1. The Morgan fingerprint density at radius 1 is 1.29 bits per heavy atom. The lowest BCUT2D eigenvalue weighted by molar-refractivity contribution is -0.144. The van der Waals surface area contributed by atoms with Gasteiger partial charge in [-0.25, -0.2) is 0 Å². The molecule has 3 rings (SSSR count). The van der Waals surface area contributed by atoms with Crippen LogP contribution in [0, 0.1) is 5.92 Å². The molecule has 1 saturated heterocycles. The molecule has 0 saturated carbocycles. The van der Waals surface area contributed by atoms with E-state index in [0.717, 1.165) is 0 Å². The number of nitrogens with zero attached hydrogens (tertiary/aromatic N) is 1. The first-order valence-electron chi connectivity index (χ1n) is 6.96. The molecule has 1 fully saturated rings. The molecular weight excluding hydrogens is 274 g/mol. The second-order valence-corrected chi connectivity index (χ2v) is 5.09. The maximum atomic E-state index is 12.6. The summed E-state index contributed by atoms with van der Waals surface area (Å²) in [5.41, 5.74) is 0.484. The van der Waals surface area contributed by atoms with Crippen molar-refractivity contribution in [3.63, 3.8) is 0 Å². The average Bonchev–Trinajstić information content (AvgIpc) is 3.03. The van der Waals surface area contributed by atoms with Crippen molar-refractivity contribution in [2.75, 3.05) is 33.4 Å². The minimum absolute atomic E-state index is 0.135. The number of esters is 1. The molecule has 0 N–H and O–H groups in total. The lowest BCUT2D eigenvalue weighted by Gasteiger charge is -2.23. The smallest absolute Gasteiger partial charge is 0.310 e. The molecule has 1 atom stereocenters. The number of benzene rings is 1. The lowest BCUT2D eigenvalue weighted by atomic mass is 10.1. The van der Waals surface area contributed by atoms with Gasteiger partial charge in [-0.1, -0.05) is 6.07 Å². The quantitative estimate of drug-likeness (QED) is 0.763. The van der Waals surface area contributed by atoms with E-state index in [-0.39, 0.29) is 17.8 Å². The monoisotopic (exact) mass is 291 g/mol. The molecule has 2 aliphatic heterocycles. The molecule has 1 aromatic rings. The van der Waals surface area contributed by atoms with E-state index in [1.54, 1.807) is 23.1 Å². The molecule has 0 spiro atoms. The molecule has 0 bridgehead atoms. The van der Waals surface area contributed by atoms with Crippen LogP contribution in [0.1, 0.15) is 16.8 Å². The van der Waals surface area contributed by atoms with E-state index in [4.69, 9.17) is 14.2 Å². The van der Waals surface area contributed by atoms with Crippen LogP contribution in [0.2, 0.25) is 0 Å². The first-order valence-corrected chi connectivity index (χ1v) is 6.96. The van der Waals surface area contributed by atoms with Crippen LogP contribution in [0.3, 0.4) is 0 Å². The van der Waals surface area contributed by atoms with Crippen LogP contribution in [0.25, 0.3) is 0 Å². The summed E-state index contributed by atoms with van der Waals surface area (Å²) >= 11 is 0. The van der Waals surface area contributed by atoms with E-state index in [9.17, 15) is 9.59 Å². The Kier molecular flexibility index (Phi) is 3.68. The predicted molar refractivity (Wildman–Crippen MR) is 73.5 cm³/mol. The molecule has 21 heavy (non-hydrogen) atoms. The number of carbonyl (C=O) groups excluding carboxylic acids is 2. The first-order chi connectivity index (χ1) is 10.2. The zero-order valence-electron chi connectivity index (χ0n) is 11.8. The fraction of sp³-hybridized carbons (Fsp3) is 0.467. The third-order valence-corrected chi connectivity index (χ3v) is 3.81. The Labute approximate surface area is 122 Å². The predicted octanol–water partition coefficient (Wildman–Crippen LogP) is 1.09. The van der Waals surface area contributed by atoms with E-state index in [1.165, 1.54) is 7.11 Å². The highest BCUT2D eigenvalue weighted by Crippen LogP contribution is 2.35. The summed E-state index contributed by atoms with van der Waals surface area (Å²) in [6.45, 7) is 1.85. The largest absolute Gasteiger partial charge is 0.486 e. The van der Waals surface area contributed by atoms with E-state index in [2.05, 4.69) is 0 Å². The molecule has 0 radical (unpaired) electrons. The van der Waals surface area contributed by atoms with Gasteiger partial charge in [-0.3, -0.25) is 9.59 Å². The number of methoxy groups -OCH3 is 1. The average molecular weight is 291 g/mol. The topological polar surface area (TPSA) is 65.1 Å². The van der Waals surface area contributed by atoms with Crippen LogP contribution in [0.5, 0.6) is 11.5 Å². The van der Waals surface area contributed by atoms with Crippen LogP contribution in [-0.4, -0.2) is 50.2 Å². The molecule has 6 nitrogen and oxygen atoms in total.